The fraction of sp³-hybridized carbons (Fsp3) is 0.579. The normalized spacial score (nSPS) is 32.2. The Hall–Kier alpha value is -3.12. The molecule has 2 N–H and O–H groups in total. The predicted molar refractivity (Wildman–Crippen MR) is 195 cm³/mol. The van der Waals surface area contributed by atoms with Crippen LogP contribution in [-0.2, 0) is 31.2 Å². The summed E-state index contributed by atoms with van der Waals surface area (Å²) in [6.07, 6.45) is 11.5. The highest BCUT2D eigenvalue weighted by Gasteiger charge is 2.46. The quantitative estimate of drug-likeness (QED) is 0.341. The van der Waals surface area contributed by atoms with Crippen LogP contribution in [0, 0.1) is 17.8 Å². The minimum Gasteiger partial charge on any atom is -0.490 e. The molecule has 50 heavy (non-hydrogen) atoms. The number of nitrogens with one attached hydrogen (secondary N) is 2. The van der Waals surface area contributed by atoms with Gasteiger partial charge in [0.05, 0.1) is 36.3 Å². The monoisotopic (exact) mass is 724 g/mol. The molecule has 6 atom stereocenters. The van der Waals surface area contributed by atoms with E-state index in [-0.39, 0.29) is 23.2 Å². The lowest BCUT2D eigenvalue weighted by Crippen LogP contribution is -2.49. The number of rotatable bonds is 5. The lowest BCUT2D eigenvalue weighted by molar-refractivity contribution is 0.0131. The molecule has 10 nitrogen and oxygen atoms in total. The van der Waals surface area contributed by atoms with Crippen LogP contribution in [0.2, 0.25) is 5.02 Å². The number of fused-ring (bicyclic) bond motifs is 4. The summed E-state index contributed by atoms with van der Waals surface area (Å²) in [6, 6.07) is 11.0. The van der Waals surface area contributed by atoms with Crippen LogP contribution in [0.1, 0.15) is 73.4 Å². The summed E-state index contributed by atoms with van der Waals surface area (Å²) in [5.41, 5.74) is 2.94. The molecular weight excluding hydrogens is 676 g/mol. The summed E-state index contributed by atoms with van der Waals surface area (Å²) >= 11 is 6.45. The highest BCUT2D eigenvalue weighted by Crippen LogP contribution is 2.47. The molecule has 2 fully saturated rings. The maximum Gasteiger partial charge on any atom is 0.327 e. The van der Waals surface area contributed by atoms with E-state index < -0.39 is 27.4 Å². The third kappa shape index (κ3) is 7.29. The third-order valence-electron chi connectivity index (χ3n) is 11.4. The highest BCUT2D eigenvalue weighted by molar-refractivity contribution is 7.92. The number of carbonyl (C=O) groups is 2. The van der Waals surface area contributed by atoms with E-state index in [4.69, 9.17) is 25.8 Å². The van der Waals surface area contributed by atoms with Gasteiger partial charge in [-0.25, -0.2) is 9.00 Å². The molecule has 2 heterocycles. The molecule has 3 aliphatic carbocycles. The first-order chi connectivity index (χ1) is 24.0. The topological polar surface area (TPSA) is 119 Å². The molecule has 2 saturated carbocycles. The van der Waals surface area contributed by atoms with Gasteiger partial charge in [0.1, 0.15) is 15.7 Å². The van der Waals surface area contributed by atoms with Gasteiger partial charge in [0, 0.05) is 43.3 Å². The van der Waals surface area contributed by atoms with E-state index in [0.717, 1.165) is 68.7 Å². The van der Waals surface area contributed by atoms with Gasteiger partial charge < -0.3 is 24.4 Å². The number of urea groups is 1. The number of benzene rings is 2. The van der Waals surface area contributed by atoms with Crippen LogP contribution in [0.3, 0.4) is 0 Å². The molecule has 2 aliphatic heterocycles. The Kier molecular flexibility index (Phi) is 9.97. The number of amides is 3. The Morgan fingerprint density at radius 2 is 2.00 bits per heavy atom. The molecule has 2 bridgehead atoms. The Morgan fingerprint density at radius 3 is 2.74 bits per heavy atom. The van der Waals surface area contributed by atoms with Crippen LogP contribution in [0.15, 0.2) is 52.9 Å². The number of nitrogens with zero attached hydrogens (tertiary/aromatic N) is 2. The molecule has 2 aromatic rings. The number of carbonyl (C=O) groups excluding carboxylic acids is 2. The lowest BCUT2D eigenvalue weighted by atomic mass is 9.68. The van der Waals surface area contributed by atoms with Crippen molar-refractivity contribution in [2.75, 3.05) is 51.2 Å². The van der Waals surface area contributed by atoms with E-state index in [0.29, 0.717) is 42.8 Å². The summed E-state index contributed by atoms with van der Waals surface area (Å²) in [5, 5.41) is 3.65. The smallest absolute Gasteiger partial charge is 0.327 e. The fourth-order valence-corrected chi connectivity index (χ4v) is 10.5. The van der Waals surface area contributed by atoms with Crippen LogP contribution in [0.25, 0.3) is 0 Å². The zero-order valence-corrected chi connectivity index (χ0v) is 30.8. The number of allylic oxidation sites excluding steroid dienone is 1. The molecule has 0 radical (unpaired) electrons. The number of methoxy groups -OCH3 is 2. The van der Waals surface area contributed by atoms with Crippen molar-refractivity contribution in [3.63, 3.8) is 0 Å². The van der Waals surface area contributed by atoms with E-state index in [1.165, 1.54) is 11.1 Å². The fourth-order valence-electron chi connectivity index (χ4n) is 8.51. The third-order valence-corrected chi connectivity index (χ3v) is 13.6. The molecule has 1 spiro atoms. The Morgan fingerprint density at radius 1 is 1.16 bits per heavy atom. The first-order valence-corrected chi connectivity index (χ1v) is 20.0. The molecule has 2 aromatic carbocycles. The van der Waals surface area contributed by atoms with Crippen LogP contribution in [0.4, 0.5) is 10.5 Å². The summed E-state index contributed by atoms with van der Waals surface area (Å²) in [5.74, 6) is 0.695. The van der Waals surface area contributed by atoms with E-state index >= 15 is 0 Å². The number of hydrogen-bond donors (Lipinski definition) is 2. The van der Waals surface area contributed by atoms with Gasteiger partial charge in [-0.2, -0.15) is 0 Å². The zero-order valence-electron chi connectivity index (χ0n) is 29.3. The first kappa shape index (κ1) is 35.3. The molecular formula is C38H49ClN4O6S. The molecule has 0 saturated heterocycles. The number of hydrogen-bond acceptors (Lipinski definition) is 7. The van der Waals surface area contributed by atoms with E-state index in [2.05, 4.69) is 43.6 Å². The molecule has 7 rings (SSSR count). The van der Waals surface area contributed by atoms with Gasteiger partial charge in [0.25, 0.3) is 5.91 Å². The van der Waals surface area contributed by atoms with E-state index in [1.54, 1.807) is 20.3 Å². The zero-order chi connectivity index (χ0) is 35.1. The summed E-state index contributed by atoms with van der Waals surface area (Å²) < 4.78 is 39.3. The first-order valence-electron chi connectivity index (χ1n) is 17.9. The van der Waals surface area contributed by atoms with Gasteiger partial charge in [-0.1, -0.05) is 36.7 Å². The SMILES string of the molecule is COCC1(NC(=O)N[S@@]2(=O)=NC(=O)c3ccc4c(c3)N(C[C@@H]3CC[C@H]3[C@@H](OC)/C=C/C[C@H](C)C2)C[C@@]2(CCCc3cc(Cl)ccc32)CO4)CC1. The molecule has 0 aromatic heterocycles. The molecule has 0 unspecified atom stereocenters. The van der Waals surface area contributed by atoms with Crippen molar-refractivity contribution < 1.29 is 28.0 Å². The maximum atomic E-state index is 14.4. The van der Waals surface area contributed by atoms with Gasteiger partial charge in [0.15, 0.2) is 0 Å². The minimum atomic E-state index is -3.50. The average Bonchev–Trinajstić information content (AvgIpc) is 3.84. The maximum absolute atomic E-state index is 14.4. The van der Waals surface area contributed by atoms with Gasteiger partial charge >= 0.3 is 6.03 Å². The second kappa shape index (κ2) is 14.1. The number of anilines is 1. The van der Waals surface area contributed by atoms with Crippen molar-refractivity contribution in [1.29, 1.82) is 0 Å². The number of ether oxygens (including phenoxy) is 3. The standard InChI is InChI=1S/C38H49ClN4O6S/c1-25-6-4-8-33(48-3)30-12-9-28(30)20-43-22-37(15-5-7-26-18-29(39)11-13-31(26)37)23-49-34-14-10-27(19-32(34)43)35(44)41-50(46,21-25)42-36(45)40-38(16-17-38)24-47-2/h4,8,10-11,13-14,18-19,25,28,30,33H,5-7,9,12,15-17,20-24H2,1-3H3,(H2,40,41,42,44,45,46)/b8-4+/t25-,28-,30+,33-,37-,50-/m0/s1. The van der Waals surface area contributed by atoms with Crippen molar-refractivity contribution in [2.24, 2.45) is 22.1 Å². The molecule has 270 valence electrons. The van der Waals surface area contributed by atoms with Crippen molar-refractivity contribution >= 4 is 39.1 Å². The van der Waals surface area contributed by atoms with Gasteiger partial charge in [-0.3, -0.25) is 9.52 Å². The largest absolute Gasteiger partial charge is 0.490 e. The van der Waals surface area contributed by atoms with Crippen molar-refractivity contribution in [3.8, 4) is 5.75 Å². The van der Waals surface area contributed by atoms with Gasteiger partial charge in [0.2, 0.25) is 0 Å². The Bertz CT molecular complexity index is 1790. The molecule has 5 aliphatic rings. The van der Waals surface area contributed by atoms with Crippen molar-refractivity contribution in [3.05, 3.63) is 70.3 Å². The van der Waals surface area contributed by atoms with Crippen LogP contribution in [0.5, 0.6) is 5.75 Å². The average molecular weight is 725 g/mol. The lowest BCUT2D eigenvalue weighted by Gasteiger charge is -2.46. The number of halogens is 1. The predicted octanol–water partition coefficient (Wildman–Crippen LogP) is 6.45. The number of aryl methyl sites for hydroxylation is 1. The minimum absolute atomic E-state index is 0.0175. The summed E-state index contributed by atoms with van der Waals surface area (Å²) in [4.78, 5) is 29.5. The van der Waals surface area contributed by atoms with Crippen molar-refractivity contribution in [1.82, 2.24) is 10.0 Å². The Labute approximate surface area is 300 Å². The van der Waals surface area contributed by atoms with Gasteiger partial charge in [-0.05, 0) is 111 Å². The Balaban J connectivity index is 1.27. The highest BCUT2D eigenvalue weighted by atomic mass is 35.5. The summed E-state index contributed by atoms with van der Waals surface area (Å²) in [7, 11) is -0.149. The van der Waals surface area contributed by atoms with Crippen LogP contribution in [-0.4, -0.2) is 74.1 Å². The van der Waals surface area contributed by atoms with Crippen LogP contribution < -0.4 is 19.7 Å². The van der Waals surface area contributed by atoms with Gasteiger partial charge in [-0.15, -0.1) is 4.36 Å². The van der Waals surface area contributed by atoms with Crippen molar-refractivity contribution in [2.45, 2.75) is 75.3 Å². The second-order valence-electron chi connectivity index (χ2n) is 15.2. The van der Waals surface area contributed by atoms with E-state index in [1.807, 2.05) is 25.1 Å². The summed E-state index contributed by atoms with van der Waals surface area (Å²) in [6.45, 7) is 4.33. The second-order valence-corrected chi connectivity index (χ2v) is 17.7. The molecule has 12 heteroatoms. The molecule has 3 amide bonds. The van der Waals surface area contributed by atoms with E-state index in [9.17, 15) is 13.8 Å². The van der Waals surface area contributed by atoms with Crippen LogP contribution >= 0.6 is 11.6 Å².